The van der Waals surface area contributed by atoms with Crippen LogP contribution >= 0.6 is 0 Å². The quantitative estimate of drug-likeness (QED) is 0.323. The maximum atomic E-state index is 14.5. The molecule has 0 bridgehead atoms. The first-order chi connectivity index (χ1) is 17.0. The average molecular weight is 476 g/mol. The van der Waals surface area contributed by atoms with Gasteiger partial charge in [-0.2, -0.15) is 0 Å². The number of hydrogen-bond acceptors (Lipinski definition) is 6. The molecule has 1 aliphatic rings. The van der Waals surface area contributed by atoms with E-state index in [1.54, 1.807) is 11.9 Å². The number of halogens is 1. The monoisotopic (exact) mass is 475 g/mol. The topological polar surface area (TPSA) is 88.7 Å². The Hall–Kier alpha value is -3.94. The normalized spacial score (nSPS) is 14.7. The van der Waals surface area contributed by atoms with E-state index >= 15 is 0 Å². The van der Waals surface area contributed by atoms with Crippen LogP contribution < -0.4 is 9.64 Å². The molecule has 180 valence electrons. The predicted octanol–water partition coefficient (Wildman–Crippen LogP) is 5.44. The van der Waals surface area contributed by atoms with E-state index in [0.717, 1.165) is 40.7 Å². The largest absolute Gasteiger partial charge is 0.494 e. The number of anilines is 1. The van der Waals surface area contributed by atoms with Gasteiger partial charge in [0.1, 0.15) is 11.3 Å². The highest BCUT2D eigenvalue weighted by Crippen LogP contribution is 2.37. The zero-order valence-electron chi connectivity index (χ0n) is 19.4. The number of carbonyl (C=O) groups is 1. The standard InChI is InChI=1S/C27H26FN3O4/c1-31(11-4-12-34-20-9-10-21-17(13-20)7-8-18(21)15-25(32)33)27-22(28)16-29-26(30-27)24-14-19-5-2-3-6-23(19)35-24/h2-3,5-6,9-10,13-14,16,18H,4,7-8,11-12,15H2,1H3,(H,32,33)/t18-/m0/s1. The Morgan fingerprint density at radius 3 is 2.94 bits per heavy atom. The van der Waals surface area contributed by atoms with E-state index in [1.165, 1.54) is 6.20 Å². The molecule has 0 fully saturated rings. The molecule has 0 saturated heterocycles. The number of nitrogens with zero attached hydrogens (tertiary/aromatic N) is 3. The van der Waals surface area contributed by atoms with Gasteiger partial charge in [0.05, 0.1) is 19.2 Å². The number of carboxylic acids is 1. The van der Waals surface area contributed by atoms with E-state index in [0.29, 0.717) is 31.2 Å². The average Bonchev–Trinajstić information content (AvgIpc) is 3.45. The molecule has 7 nitrogen and oxygen atoms in total. The maximum absolute atomic E-state index is 14.5. The molecule has 1 atom stereocenters. The lowest BCUT2D eigenvalue weighted by Gasteiger charge is -2.19. The molecule has 8 heteroatoms. The zero-order chi connectivity index (χ0) is 24.4. The number of aryl methyl sites for hydroxylation is 1. The van der Waals surface area contributed by atoms with Crippen molar-refractivity contribution in [2.45, 2.75) is 31.6 Å². The van der Waals surface area contributed by atoms with Crippen molar-refractivity contribution < 1.29 is 23.4 Å². The van der Waals surface area contributed by atoms with Crippen LogP contribution in [0.2, 0.25) is 0 Å². The summed E-state index contributed by atoms with van der Waals surface area (Å²) >= 11 is 0. The smallest absolute Gasteiger partial charge is 0.303 e. The fourth-order valence-corrected chi connectivity index (χ4v) is 4.63. The SMILES string of the molecule is CN(CCCOc1ccc2c(c1)CC[C@H]2CC(=O)O)c1nc(-c2cc3ccccc3o2)ncc1F. The van der Waals surface area contributed by atoms with Crippen molar-refractivity contribution in [1.29, 1.82) is 0 Å². The maximum Gasteiger partial charge on any atom is 0.303 e. The van der Waals surface area contributed by atoms with E-state index in [9.17, 15) is 9.18 Å². The van der Waals surface area contributed by atoms with Crippen LogP contribution in [0.5, 0.6) is 5.75 Å². The molecule has 2 aromatic heterocycles. The second-order valence-corrected chi connectivity index (χ2v) is 8.83. The fraction of sp³-hybridized carbons (Fsp3) is 0.296. The highest BCUT2D eigenvalue weighted by molar-refractivity contribution is 5.81. The Labute approximate surface area is 202 Å². The van der Waals surface area contributed by atoms with Gasteiger partial charge in [-0.05, 0) is 60.6 Å². The Kier molecular flexibility index (Phi) is 6.35. The van der Waals surface area contributed by atoms with Crippen LogP contribution in [0.25, 0.3) is 22.6 Å². The van der Waals surface area contributed by atoms with Crippen molar-refractivity contribution in [3.05, 3.63) is 71.7 Å². The van der Waals surface area contributed by atoms with E-state index in [1.807, 2.05) is 48.5 Å². The number of aromatic nitrogens is 2. The lowest BCUT2D eigenvalue weighted by molar-refractivity contribution is -0.137. The third-order valence-corrected chi connectivity index (χ3v) is 6.38. The summed E-state index contributed by atoms with van der Waals surface area (Å²) in [6, 6.07) is 15.3. The van der Waals surface area contributed by atoms with Crippen LogP contribution in [-0.2, 0) is 11.2 Å². The van der Waals surface area contributed by atoms with Gasteiger partial charge in [0.15, 0.2) is 23.2 Å². The van der Waals surface area contributed by atoms with Crippen molar-refractivity contribution in [1.82, 2.24) is 9.97 Å². The minimum absolute atomic E-state index is 0.0809. The minimum Gasteiger partial charge on any atom is -0.494 e. The molecule has 0 amide bonds. The molecule has 2 aromatic carbocycles. The molecule has 0 spiro atoms. The summed E-state index contributed by atoms with van der Waals surface area (Å²) in [6.45, 7) is 1.00. The number of benzene rings is 2. The summed E-state index contributed by atoms with van der Waals surface area (Å²) < 4.78 is 26.2. The van der Waals surface area contributed by atoms with E-state index in [-0.39, 0.29) is 18.2 Å². The summed E-state index contributed by atoms with van der Waals surface area (Å²) in [7, 11) is 1.78. The molecule has 4 aromatic rings. The third kappa shape index (κ3) is 4.96. The number of para-hydroxylation sites is 1. The Morgan fingerprint density at radius 1 is 1.26 bits per heavy atom. The summed E-state index contributed by atoms with van der Waals surface area (Å²) in [5.41, 5.74) is 3.00. The number of hydrogen-bond donors (Lipinski definition) is 1. The van der Waals surface area contributed by atoms with Gasteiger partial charge in [-0.3, -0.25) is 4.79 Å². The number of rotatable bonds is 9. The zero-order valence-corrected chi connectivity index (χ0v) is 19.4. The second kappa shape index (κ2) is 9.74. The summed E-state index contributed by atoms with van der Waals surface area (Å²) in [6.07, 6.45) is 3.72. The lowest BCUT2D eigenvalue weighted by Crippen LogP contribution is -2.23. The van der Waals surface area contributed by atoms with Crippen LogP contribution in [0.4, 0.5) is 10.2 Å². The molecule has 2 heterocycles. The first-order valence-electron chi connectivity index (χ1n) is 11.7. The number of carboxylic acid groups (broad SMARTS) is 1. The van der Waals surface area contributed by atoms with Crippen molar-refractivity contribution >= 4 is 22.8 Å². The Bertz CT molecular complexity index is 1340. The van der Waals surface area contributed by atoms with Gasteiger partial charge in [0.25, 0.3) is 0 Å². The van der Waals surface area contributed by atoms with Gasteiger partial charge >= 0.3 is 5.97 Å². The molecule has 0 saturated carbocycles. The van der Waals surface area contributed by atoms with Crippen molar-refractivity contribution in [2.24, 2.45) is 0 Å². The Morgan fingerprint density at radius 2 is 2.11 bits per heavy atom. The number of furan rings is 1. The molecule has 1 aliphatic carbocycles. The number of fused-ring (bicyclic) bond motifs is 2. The molecule has 0 radical (unpaired) electrons. The van der Waals surface area contributed by atoms with Crippen LogP contribution in [0, 0.1) is 5.82 Å². The van der Waals surface area contributed by atoms with Crippen LogP contribution in [0.1, 0.15) is 36.3 Å². The van der Waals surface area contributed by atoms with Gasteiger partial charge in [-0.1, -0.05) is 24.3 Å². The van der Waals surface area contributed by atoms with Crippen molar-refractivity contribution in [3.8, 4) is 17.3 Å². The predicted molar refractivity (Wildman–Crippen MR) is 130 cm³/mol. The molecule has 35 heavy (non-hydrogen) atoms. The first kappa shape index (κ1) is 22.8. The lowest BCUT2D eigenvalue weighted by atomic mass is 9.98. The second-order valence-electron chi connectivity index (χ2n) is 8.83. The van der Waals surface area contributed by atoms with E-state index in [4.69, 9.17) is 14.3 Å². The van der Waals surface area contributed by atoms with E-state index < -0.39 is 11.8 Å². The highest BCUT2D eigenvalue weighted by atomic mass is 19.1. The molecular formula is C27H26FN3O4. The first-order valence-corrected chi connectivity index (χ1v) is 11.7. The molecule has 5 rings (SSSR count). The number of ether oxygens (including phenoxy) is 1. The van der Waals surface area contributed by atoms with Crippen LogP contribution in [0.15, 0.2) is 59.1 Å². The minimum atomic E-state index is -0.767. The summed E-state index contributed by atoms with van der Waals surface area (Å²) in [4.78, 5) is 21.3. The molecular weight excluding hydrogens is 449 g/mol. The van der Waals surface area contributed by atoms with Gasteiger partial charge in [0, 0.05) is 19.0 Å². The number of aliphatic carboxylic acids is 1. The molecule has 1 N–H and O–H groups in total. The molecule has 0 unspecified atom stereocenters. The fourth-order valence-electron chi connectivity index (χ4n) is 4.63. The highest BCUT2D eigenvalue weighted by Gasteiger charge is 2.25. The van der Waals surface area contributed by atoms with Crippen LogP contribution in [-0.4, -0.2) is 41.2 Å². The Balaban J connectivity index is 1.18. The summed E-state index contributed by atoms with van der Waals surface area (Å²) in [5.74, 6) is 0.615. The summed E-state index contributed by atoms with van der Waals surface area (Å²) in [5, 5.41) is 10.0. The van der Waals surface area contributed by atoms with Gasteiger partial charge < -0.3 is 19.2 Å². The molecule has 0 aliphatic heterocycles. The van der Waals surface area contributed by atoms with Crippen molar-refractivity contribution in [2.75, 3.05) is 25.1 Å². The third-order valence-electron chi connectivity index (χ3n) is 6.38. The van der Waals surface area contributed by atoms with E-state index in [2.05, 4.69) is 9.97 Å². The van der Waals surface area contributed by atoms with Crippen molar-refractivity contribution in [3.63, 3.8) is 0 Å². The van der Waals surface area contributed by atoms with Gasteiger partial charge in [-0.25, -0.2) is 14.4 Å². The van der Waals surface area contributed by atoms with Gasteiger partial charge in [-0.15, -0.1) is 0 Å². The van der Waals surface area contributed by atoms with Crippen LogP contribution in [0.3, 0.4) is 0 Å². The van der Waals surface area contributed by atoms with Gasteiger partial charge in [0.2, 0.25) is 0 Å².